The van der Waals surface area contributed by atoms with Crippen LogP contribution < -0.4 is 0 Å². The summed E-state index contributed by atoms with van der Waals surface area (Å²) in [6.45, 7) is 1.22. The van der Waals surface area contributed by atoms with E-state index >= 15 is 0 Å². The van der Waals surface area contributed by atoms with Crippen molar-refractivity contribution in [2.75, 3.05) is 18.1 Å². The Balaban J connectivity index is 1.80. The zero-order chi connectivity index (χ0) is 16.9. The highest BCUT2D eigenvalue weighted by molar-refractivity contribution is 8.00. The minimum atomic E-state index is -0.890. The maximum absolute atomic E-state index is 12.5. The Kier molecular flexibility index (Phi) is 5.20. The lowest BCUT2D eigenvalue weighted by Crippen LogP contribution is -2.39. The quantitative estimate of drug-likeness (QED) is 0.908. The van der Waals surface area contributed by atoms with Gasteiger partial charge in [0.2, 0.25) is 5.91 Å². The zero-order valence-corrected chi connectivity index (χ0v) is 14.0. The van der Waals surface area contributed by atoms with E-state index in [-0.39, 0.29) is 23.3 Å². The van der Waals surface area contributed by atoms with Gasteiger partial charge in [-0.1, -0.05) is 54.6 Å². The Labute approximate surface area is 145 Å². The Bertz CT molecular complexity index is 732. The van der Waals surface area contributed by atoms with Gasteiger partial charge >= 0.3 is 5.97 Å². The molecule has 2 aromatic carbocycles. The number of hydrogen-bond donors (Lipinski definition) is 1. The van der Waals surface area contributed by atoms with Crippen LogP contribution in [0.1, 0.15) is 22.6 Å². The third-order valence-electron chi connectivity index (χ3n) is 4.20. The maximum atomic E-state index is 12.5. The summed E-state index contributed by atoms with van der Waals surface area (Å²) in [7, 11) is 0. The molecule has 1 aliphatic rings. The zero-order valence-electron chi connectivity index (χ0n) is 13.2. The first-order chi connectivity index (χ1) is 11.6. The Hall–Kier alpha value is -2.27. The number of amides is 1. The normalized spacial score (nSPS) is 16.5. The number of rotatable bonds is 5. The molecule has 3 rings (SSSR count). The molecule has 2 aromatic rings. The number of thioether (sulfide) groups is 1. The van der Waals surface area contributed by atoms with E-state index in [9.17, 15) is 9.59 Å². The summed E-state index contributed by atoms with van der Waals surface area (Å²) in [4.78, 5) is 24.9. The fourth-order valence-electron chi connectivity index (χ4n) is 3.08. The van der Waals surface area contributed by atoms with Crippen molar-refractivity contribution < 1.29 is 14.7 Å². The molecule has 1 heterocycles. The lowest BCUT2D eigenvalue weighted by molar-refractivity contribution is -0.133. The lowest BCUT2D eigenvalue weighted by Gasteiger charge is -2.35. The standard InChI is InChI=1S/C19H19NO3S/c21-18(12-24-13-19(22)23)20-10-15-8-4-5-9-16(15)17(11-20)14-6-2-1-3-7-14/h1-9,17H,10-13H2,(H,22,23). The Morgan fingerprint density at radius 1 is 1.04 bits per heavy atom. The molecule has 1 amide bonds. The molecule has 1 aliphatic heterocycles. The molecule has 0 aromatic heterocycles. The lowest BCUT2D eigenvalue weighted by atomic mass is 9.85. The van der Waals surface area contributed by atoms with Crippen molar-refractivity contribution in [3.8, 4) is 0 Å². The minimum Gasteiger partial charge on any atom is -0.481 e. The number of carboxylic acid groups (broad SMARTS) is 1. The van der Waals surface area contributed by atoms with Crippen LogP contribution in [0, 0.1) is 0 Å². The smallest absolute Gasteiger partial charge is 0.313 e. The molecular weight excluding hydrogens is 322 g/mol. The van der Waals surface area contributed by atoms with Crippen LogP contribution >= 0.6 is 11.8 Å². The average Bonchev–Trinajstić information content (AvgIpc) is 2.61. The van der Waals surface area contributed by atoms with Gasteiger partial charge in [0.1, 0.15) is 0 Å². The van der Waals surface area contributed by atoms with Gasteiger partial charge in [-0.25, -0.2) is 0 Å². The highest BCUT2D eigenvalue weighted by Gasteiger charge is 2.28. The van der Waals surface area contributed by atoms with E-state index in [2.05, 4.69) is 24.3 Å². The highest BCUT2D eigenvalue weighted by Crippen LogP contribution is 2.33. The van der Waals surface area contributed by atoms with Crippen molar-refractivity contribution in [1.29, 1.82) is 0 Å². The molecule has 0 spiro atoms. The van der Waals surface area contributed by atoms with E-state index in [1.807, 2.05) is 35.2 Å². The van der Waals surface area contributed by atoms with Crippen molar-refractivity contribution in [3.05, 3.63) is 71.3 Å². The topological polar surface area (TPSA) is 57.6 Å². The monoisotopic (exact) mass is 341 g/mol. The molecule has 124 valence electrons. The largest absolute Gasteiger partial charge is 0.481 e. The number of benzene rings is 2. The third-order valence-corrected chi connectivity index (χ3v) is 5.10. The van der Waals surface area contributed by atoms with Gasteiger partial charge in [0.25, 0.3) is 0 Å². The van der Waals surface area contributed by atoms with Crippen molar-refractivity contribution in [1.82, 2.24) is 4.90 Å². The molecule has 0 aliphatic carbocycles. The first-order valence-electron chi connectivity index (χ1n) is 7.85. The average molecular weight is 341 g/mol. The van der Waals surface area contributed by atoms with Crippen LogP contribution in [0.25, 0.3) is 0 Å². The number of nitrogens with zero attached hydrogens (tertiary/aromatic N) is 1. The van der Waals surface area contributed by atoms with Crippen LogP contribution in [0.3, 0.4) is 0 Å². The van der Waals surface area contributed by atoms with Crippen LogP contribution in [0.4, 0.5) is 0 Å². The molecule has 0 radical (unpaired) electrons. The van der Waals surface area contributed by atoms with E-state index in [1.54, 1.807) is 0 Å². The Morgan fingerprint density at radius 2 is 1.75 bits per heavy atom. The predicted octanol–water partition coefficient (Wildman–Crippen LogP) is 2.98. The second-order valence-corrected chi connectivity index (χ2v) is 6.81. The van der Waals surface area contributed by atoms with Crippen LogP contribution in [0.5, 0.6) is 0 Å². The summed E-state index contributed by atoms with van der Waals surface area (Å²) < 4.78 is 0. The van der Waals surface area contributed by atoms with Gasteiger partial charge in [-0.05, 0) is 16.7 Å². The molecule has 0 saturated heterocycles. The van der Waals surface area contributed by atoms with Gasteiger partial charge in [-0.15, -0.1) is 11.8 Å². The van der Waals surface area contributed by atoms with Crippen LogP contribution in [-0.4, -0.2) is 39.9 Å². The van der Waals surface area contributed by atoms with E-state index in [4.69, 9.17) is 5.11 Å². The molecule has 1 unspecified atom stereocenters. The van der Waals surface area contributed by atoms with Crippen LogP contribution in [0.2, 0.25) is 0 Å². The summed E-state index contributed by atoms with van der Waals surface area (Å²) in [6, 6.07) is 18.4. The first kappa shape index (κ1) is 16.6. The fourth-order valence-corrected chi connectivity index (χ4v) is 3.72. The summed E-state index contributed by atoms with van der Waals surface area (Å²) >= 11 is 1.15. The number of hydrogen-bond acceptors (Lipinski definition) is 3. The second kappa shape index (κ2) is 7.53. The Morgan fingerprint density at radius 3 is 2.50 bits per heavy atom. The number of fused-ring (bicyclic) bond motifs is 1. The summed E-state index contributed by atoms with van der Waals surface area (Å²) in [5.74, 6) is -0.575. The fraction of sp³-hybridized carbons (Fsp3) is 0.263. The number of aliphatic carboxylic acids is 1. The molecule has 4 nitrogen and oxygen atoms in total. The maximum Gasteiger partial charge on any atom is 0.313 e. The van der Waals surface area contributed by atoms with Crippen molar-refractivity contribution in [3.63, 3.8) is 0 Å². The summed E-state index contributed by atoms with van der Waals surface area (Å²) in [5, 5.41) is 8.71. The van der Waals surface area contributed by atoms with Gasteiger partial charge in [0.15, 0.2) is 0 Å². The molecule has 24 heavy (non-hydrogen) atoms. The number of carbonyl (C=O) groups is 2. The predicted molar refractivity (Wildman–Crippen MR) is 95.1 cm³/mol. The molecular formula is C19H19NO3S. The van der Waals surface area contributed by atoms with Gasteiger partial charge < -0.3 is 10.0 Å². The van der Waals surface area contributed by atoms with Crippen molar-refractivity contribution in [2.45, 2.75) is 12.5 Å². The van der Waals surface area contributed by atoms with E-state index in [0.717, 1.165) is 17.3 Å². The van der Waals surface area contributed by atoms with Gasteiger partial charge in [-0.2, -0.15) is 0 Å². The minimum absolute atomic E-state index is 0.00307. The van der Waals surface area contributed by atoms with E-state index in [0.29, 0.717) is 13.1 Å². The van der Waals surface area contributed by atoms with E-state index < -0.39 is 5.97 Å². The second-order valence-electron chi connectivity index (χ2n) is 5.82. The van der Waals surface area contributed by atoms with Gasteiger partial charge in [0.05, 0.1) is 11.5 Å². The van der Waals surface area contributed by atoms with Gasteiger partial charge in [-0.3, -0.25) is 9.59 Å². The highest BCUT2D eigenvalue weighted by atomic mass is 32.2. The molecule has 0 fully saturated rings. The molecule has 0 saturated carbocycles. The number of carboxylic acids is 1. The third kappa shape index (κ3) is 3.79. The van der Waals surface area contributed by atoms with Crippen LogP contribution in [-0.2, 0) is 16.1 Å². The molecule has 0 bridgehead atoms. The SMILES string of the molecule is O=C(O)CSCC(=O)N1Cc2ccccc2C(c2ccccc2)C1. The molecule has 1 atom stereocenters. The molecule has 1 N–H and O–H groups in total. The van der Waals surface area contributed by atoms with E-state index in [1.165, 1.54) is 11.1 Å². The summed E-state index contributed by atoms with van der Waals surface area (Å²) in [5.41, 5.74) is 3.63. The first-order valence-corrected chi connectivity index (χ1v) is 9.00. The number of carbonyl (C=O) groups excluding carboxylic acids is 1. The molecule has 5 heteroatoms. The van der Waals surface area contributed by atoms with Crippen molar-refractivity contribution >= 4 is 23.6 Å². The van der Waals surface area contributed by atoms with Crippen molar-refractivity contribution in [2.24, 2.45) is 0 Å². The summed E-state index contributed by atoms with van der Waals surface area (Å²) in [6.07, 6.45) is 0. The van der Waals surface area contributed by atoms with Gasteiger partial charge in [0, 0.05) is 19.0 Å². The van der Waals surface area contributed by atoms with Crippen LogP contribution in [0.15, 0.2) is 54.6 Å².